The second-order valence-corrected chi connectivity index (χ2v) is 6.52. The summed E-state index contributed by atoms with van der Waals surface area (Å²) >= 11 is 1.87. The standard InChI is InChI=1S/C17H21NOS/c1-13(16-8-5-11-19-16)18-12-15-9-10-17(20-15)14-6-3-2-4-7-14/h2-4,6-7,9-10,13,16,18H,5,8,11-12H2,1H3. The van der Waals surface area contributed by atoms with Crippen molar-refractivity contribution in [2.24, 2.45) is 0 Å². The molecule has 106 valence electrons. The minimum Gasteiger partial charge on any atom is -0.377 e. The molecule has 0 saturated carbocycles. The quantitative estimate of drug-likeness (QED) is 0.895. The van der Waals surface area contributed by atoms with Crippen molar-refractivity contribution < 1.29 is 4.74 Å². The topological polar surface area (TPSA) is 21.3 Å². The van der Waals surface area contributed by atoms with Crippen LogP contribution in [0.25, 0.3) is 10.4 Å². The van der Waals surface area contributed by atoms with Crippen LogP contribution in [-0.2, 0) is 11.3 Å². The van der Waals surface area contributed by atoms with Crippen LogP contribution in [0.5, 0.6) is 0 Å². The number of ether oxygens (including phenoxy) is 1. The third kappa shape index (κ3) is 3.29. The monoisotopic (exact) mass is 287 g/mol. The van der Waals surface area contributed by atoms with Gasteiger partial charge in [0.05, 0.1) is 6.10 Å². The average Bonchev–Trinajstić information content (AvgIpc) is 3.17. The fraction of sp³-hybridized carbons (Fsp3) is 0.412. The lowest BCUT2D eigenvalue weighted by Gasteiger charge is -2.19. The first kappa shape index (κ1) is 13.8. The van der Waals surface area contributed by atoms with Gasteiger partial charge in [0, 0.05) is 28.9 Å². The Kier molecular flexibility index (Phi) is 4.51. The molecule has 0 radical (unpaired) electrons. The highest BCUT2D eigenvalue weighted by Crippen LogP contribution is 2.28. The molecule has 2 atom stereocenters. The van der Waals surface area contributed by atoms with Crippen molar-refractivity contribution in [3.05, 3.63) is 47.3 Å². The van der Waals surface area contributed by atoms with Gasteiger partial charge in [0.1, 0.15) is 0 Å². The van der Waals surface area contributed by atoms with E-state index in [9.17, 15) is 0 Å². The van der Waals surface area contributed by atoms with Crippen molar-refractivity contribution in [1.82, 2.24) is 5.32 Å². The molecule has 0 spiro atoms. The van der Waals surface area contributed by atoms with E-state index in [1.54, 1.807) is 0 Å². The summed E-state index contributed by atoms with van der Waals surface area (Å²) < 4.78 is 5.72. The number of rotatable bonds is 5. The molecule has 0 amide bonds. The third-order valence-corrected chi connectivity index (χ3v) is 4.98. The van der Waals surface area contributed by atoms with E-state index in [-0.39, 0.29) is 0 Å². The van der Waals surface area contributed by atoms with Crippen molar-refractivity contribution in [2.45, 2.75) is 38.5 Å². The smallest absolute Gasteiger partial charge is 0.0726 e. The fourth-order valence-electron chi connectivity index (χ4n) is 2.62. The first-order valence-corrected chi connectivity index (χ1v) is 8.14. The molecular formula is C17H21NOS. The van der Waals surface area contributed by atoms with Gasteiger partial charge in [0.15, 0.2) is 0 Å². The zero-order chi connectivity index (χ0) is 13.8. The van der Waals surface area contributed by atoms with Crippen molar-refractivity contribution in [3.63, 3.8) is 0 Å². The predicted molar refractivity (Wildman–Crippen MR) is 85.0 cm³/mol. The van der Waals surface area contributed by atoms with E-state index in [2.05, 4.69) is 54.7 Å². The van der Waals surface area contributed by atoms with Crippen molar-refractivity contribution in [2.75, 3.05) is 6.61 Å². The van der Waals surface area contributed by atoms with Crippen molar-refractivity contribution in [1.29, 1.82) is 0 Å². The molecule has 1 N–H and O–H groups in total. The van der Waals surface area contributed by atoms with Crippen LogP contribution < -0.4 is 5.32 Å². The van der Waals surface area contributed by atoms with E-state index in [0.29, 0.717) is 12.1 Å². The first-order valence-electron chi connectivity index (χ1n) is 7.32. The number of nitrogens with one attached hydrogen (secondary N) is 1. The molecule has 2 nitrogen and oxygen atoms in total. The van der Waals surface area contributed by atoms with Crippen molar-refractivity contribution in [3.8, 4) is 10.4 Å². The minimum absolute atomic E-state index is 0.392. The van der Waals surface area contributed by atoms with Gasteiger partial charge in [0.2, 0.25) is 0 Å². The second-order valence-electron chi connectivity index (χ2n) is 5.35. The average molecular weight is 287 g/mol. The number of hydrogen-bond donors (Lipinski definition) is 1. The predicted octanol–water partition coefficient (Wildman–Crippen LogP) is 4.07. The van der Waals surface area contributed by atoms with E-state index < -0.39 is 0 Å². The Hall–Kier alpha value is -1.16. The van der Waals surface area contributed by atoms with E-state index in [4.69, 9.17) is 4.74 Å². The van der Waals surface area contributed by atoms with E-state index in [1.807, 2.05) is 11.3 Å². The maximum absolute atomic E-state index is 5.72. The molecule has 1 aliphatic heterocycles. The third-order valence-electron chi connectivity index (χ3n) is 3.84. The molecule has 1 aliphatic rings. The van der Waals surface area contributed by atoms with Crippen LogP contribution in [0, 0.1) is 0 Å². The molecule has 0 aliphatic carbocycles. The molecule has 1 fully saturated rings. The Morgan fingerprint density at radius 3 is 2.85 bits per heavy atom. The lowest BCUT2D eigenvalue weighted by Crippen LogP contribution is -2.36. The first-order chi connectivity index (χ1) is 9.83. The summed E-state index contributed by atoms with van der Waals surface area (Å²) in [6.07, 6.45) is 2.78. The molecule has 2 unspecified atom stereocenters. The van der Waals surface area contributed by atoms with Gasteiger partial charge in [-0.25, -0.2) is 0 Å². The Morgan fingerprint density at radius 2 is 2.10 bits per heavy atom. The normalized spacial score (nSPS) is 20.1. The maximum Gasteiger partial charge on any atom is 0.0726 e. The highest BCUT2D eigenvalue weighted by Gasteiger charge is 2.21. The van der Waals surface area contributed by atoms with Gasteiger partial charge in [0.25, 0.3) is 0 Å². The number of benzene rings is 1. The van der Waals surface area contributed by atoms with Crippen LogP contribution in [0.2, 0.25) is 0 Å². The van der Waals surface area contributed by atoms with E-state index in [0.717, 1.165) is 13.2 Å². The number of hydrogen-bond acceptors (Lipinski definition) is 3. The van der Waals surface area contributed by atoms with Gasteiger partial charge in [-0.3, -0.25) is 0 Å². The molecule has 3 rings (SSSR count). The lowest BCUT2D eigenvalue weighted by atomic mass is 10.1. The zero-order valence-electron chi connectivity index (χ0n) is 11.8. The highest BCUT2D eigenvalue weighted by molar-refractivity contribution is 7.15. The Balaban J connectivity index is 1.57. The van der Waals surface area contributed by atoms with Crippen molar-refractivity contribution >= 4 is 11.3 Å². The maximum atomic E-state index is 5.72. The van der Waals surface area contributed by atoms with Crippen LogP contribution >= 0.6 is 11.3 Å². The highest BCUT2D eigenvalue weighted by atomic mass is 32.1. The summed E-state index contributed by atoms with van der Waals surface area (Å²) in [4.78, 5) is 2.72. The summed E-state index contributed by atoms with van der Waals surface area (Å²) in [6.45, 7) is 4.08. The molecular weight excluding hydrogens is 266 g/mol. The molecule has 1 aromatic carbocycles. The zero-order valence-corrected chi connectivity index (χ0v) is 12.7. The number of thiophene rings is 1. The van der Waals surface area contributed by atoms with E-state index >= 15 is 0 Å². The van der Waals surface area contributed by atoms with Crippen LogP contribution in [0.4, 0.5) is 0 Å². The Labute approximate surface area is 124 Å². The molecule has 0 bridgehead atoms. The summed E-state index contributed by atoms with van der Waals surface area (Å²) in [6, 6.07) is 15.4. The van der Waals surface area contributed by atoms with Gasteiger partial charge in [-0.15, -0.1) is 11.3 Å². The largest absolute Gasteiger partial charge is 0.377 e. The summed E-state index contributed by atoms with van der Waals surface area (Å²) in [5, 5.41) is 3.59. The van der Waals surface area contributed by atoms with E-state index in [1.165, 1.54) is 28.2 Å². The molecule has 2 heterocycles. The summed E-state index contributed by atoms with van der Waals surface area (Å²) in [5.41, 5.74) is 1.30. The Bertz CT molecular complexity index is 531. The lowest BCUT2D eigenvalue weighted by molar-refractivity contribution is 0.0833. The molecule has 1 saturated heterocycles. The Morgan fingerprint density at radius 1 is 1.25 bits per heavy atom. The molecule has 2 aromatic rings. The van der Waals surface area contributed by atoms with Gasteiger partial charge >= 0.3 is 0 Å². The fourth-order valence-corrected chi connectivity index (χ4v) is 3.58. The van der Waals surface area contributed by atoms with Crippen LogP contribution in [0.3, 0.4) is 0 Å². The van der Waals surface area contributed by atoms with Gasteiger partial charge in [-0.2, -0.15) is 0 Å². The minimum atomic E-state index is 0.392. The SMILES string of the molecule is CC(NCc1ccc(-c2ccccc2)s1)C1CCCO1. The van der Waals surface area contributed by atoms with Gasteiger partial charge in [-0.05, 0) is 37.5 Å². The van der Waals surface area contributed by atoms with Gasteiger partial charge < -0.3 is 10.1 Å². The molecule has 20 heavy (non-hydrogen) atoms. The summed E-state index contributed by atoms with van der Waals surface area (Å²) in [5.74, 6) is 0. The van der Waals surface area contributed by atoms with Gasteiger partial charge in [-0.1, -0.05) is 30.3 Å². The van der Waals surface area contributed by atoms with Crippen LogP contribution in [0.1, 0.15) is 24.6 Å². The van der Waals surface area contributed by atoms with Crippen LogP contribution in [0.15, 0.2) is 42.5 Å². The van der Waals surface area contributed by atoms with Crippen LogP contribution in [-0.4, -0.2) is 18.8 Å². The summed E-state index contributed by atoms with van der Waals surface area (Å²) in [7, 11) is 0. The molecule has 3 heteroatoms. The second kappa shape index (κ2) is 6.53. The molecule has 1 aromatic heterocycles.